The molecule has 108 valence electrons. The molecule has 1 aliphatic rings. The average Bonchev–Trinajstić information content (AvgIpc) is 3.09. The molecule has 2 aromatic rings. The maximum Gasteiger partial charge on any atom is 0.245 e. The lowest BCUT2D eigenvalue weighted by Gasteiger charge is -2.30. The largest absolute Gasteiger partial charge is 0.340 e. The number of H-pyrrole nitrogens is 1. The maximum atomic E-state index is 4.60. The van der Waals surface area contributed by atoms with E-state index in [-0.39, 0.29) is 0 Å². The Kier molecular flexibility index (Phi) is 3.98. The molecule has 0 radical (unpaired) electrons. The molecule has 2 N–H and O–H groups in total. The molecule has 0 spiro atoms. The van der Waals surface area contributed by atoms with Crippen LogP contribution < -0.4 is 10.2 Å². The summed E-state index contributed by atoms with van der Waals surface area (Å²) in [6, 6.07) is 0. The Bertz CT molecular complexity index is 555. The molecule has 20 heavy (non-hydrogen) atoms. The fourth-order valence-corrected chi connectivity index (χ4v) is 3.32. The van der Waals surface area contributed by atoms with Crippen molar-refractivity contribution in [1.29, 1.82) is 0 Å². The molecule has 0 atom stereocenters. The number of aromatic amines is 1. The van der Waals surface area contributed by atoms with Gasteiger partial charge in [-0.25, -0.2) is 4.98 Å². The van der Waals surface area contributed by atoms with E-state index in [1.807, 2.05) is 20.2 Å². The number of anilines is 1. The van der Waals surface area contributed by atoms with Gasteiger partial charge in [0.25, 0.3) is 0 Å². The highest BCUT2D eigenvalue weighted by atomic mass is 32.1. The van der Waals surface area contributed by atoms with Crippen LogP contribution in [0.15, 0.2) is 6.20 Å². The Morgan fingerprint density at radius 2 is 2.25 bits per heavy atom. The van der Waals surface area contributed by atoms with Crippen LogP contribution in [-0.4, -0.2) is 46.8 Å². The molecule has 3 rings (SSSR count). The van der Waals surface area contributed by atoms with E-state index in [4.69, 9.17) is 0 Å². The summed E-state index contributed by atoms with van der Waals surface area (Å²) in [6.07, 6.45) is 4.25. The second-order valence-corrected chi connectivity index (χ2v) is 6.45. The smallest absolute Gasteiger partial charge is 0.245 e. The van der Waals surface area contributed by atoms with Crippen molar-refractivity contribution < 1.29 is 0 Å². The fourth-order valence-electron chi connectivity index (χ4n) is 2.60. The quantitative estimate of drug-likeness (QED) is 0.897. The number of rotatable bonds is 4. The minimum Gasteiger partial charge on any atom is -0.340 e. The van der Waals surface area contributed by atoms with Crippen LogP contribution in [0.2, 0.25) is 0 Å². The van der Waals surface area contributed by atoms with Gasteiger partial charge < -0.3 is 10.2 Å². The minimum absolute atomic E-state index is 0.777. The second-order valence-electron chi connectivity index (χ2n) is 5.22. The molecule has 0 aromatic carbocycles. The summed E-state index contributed by atoms with van der Waals surface area (Å²) in [5.41, 5.74) is 0. The number of nitrogens with one attached hydrogen (secondary N) is 2. The summed E-state index contributed by atoms with van der Waals surface area (Å²) in [6.45, 7) is 5.17. The number of aryl methyl sites for hydroxylation is 1. The van der Waals surface area contributed by atoms with E-state index in [1.54, 1.807) is 11.3 Å². The van der Waals surface area contributed by atoms with Crippen molar-refractivity contribution in [3.63, 3.8) is 0 Å². The van der Waals surface area contributed by atoms with Crippen LogP contribution in [0.1, 0.15) is 17.8 Å². The van der Waals surface area contributed by atoms with E-state index >= 15 is 0 Å². The van der Waals surface area contributed by atoms with E-state index in [1.165, 1.54) is 12.8 Å². The first kappa shape index (κ1) is 13.5. The molecule has 1 fully saturated rings. The zero-order valence-electron chi connectivity index (χ0n) is 11.9. The summed E-state index contributed by atoms with van der Waals surface area (Å²) in [4.78, 5) is 12.2. The summed E-state index contributed by atoms with van der Waals surface area (Å²) < 4.78 is 0. The molecule has 7 heteroatoms. The van der Waals surface area contributed by atoms with Crippen molar-refractivity contribution in [3.8, 4) is 10.7 Å². The van der Waals surface area contributed by atoms with Gasteiger partial charge in [-0.1, -0.05) is 0 Å². The van der Waals surface area contributed by atoms with E-state index in [0.29, 0.717) is 0 Å². The molecule has 0 saturated carbocycles. The van der Waals surface area contributed by atoms with Crippen molar-refractivity contribution in [3.05, 3.63) is 11.2 Å². The van der Waals surface area contributed by atoms with Gasteiger partial charge in [0.05, 0.1) is 9.88 Å². The van der Waals surface area contributed by atoms with E-state index in [0.717, 1.165) is 47.2 Å². The molecule has 1 saturated heterocycles. The molecular formula is C13H20N6S. The van der Waals surface area contributed by atoms with Crippen LogP contribution in [0.5, 0.6) is 0 Å². The van der Waals surface area contributed by atoms with Crippen LogP contribution in [0.3, 0.4) is 0 Å². The van der Waals surface area contributed by atoms with Crippen LogP contribution in [0, 0.1) is 12.8 Å². The Balaban J connectivity index is 1.66. The monoisotopic (exact) mass is 292 g/mol. The predicted octanol–water partition coefficient (Wildman–Crippen LogP) is 1.67. The topological polar surface area (TPSA) is 69.7 Å². The number of hydrogen-bond acceptors (Lipinski definition) is 6. The van der Waals surface area contributed by atoms with Gasteiger partial charge in [-0.05, 0) is 39.3 Å². The van der Waals surface area contributed by atoms with E-state index in [2.05, 4.69) is 30.4 Å². The molecule has 0 unspecified atom stereocenters. The highest BCUT2D eigenvalue weighted by Gasteiger charge is 2.21. The zero-order valence-corrected chi connectivity index (χ0v) is 12.7. The van der Waals surface area contributed by atoms with Crippen molar-refractivity contribution in [2.24, 2.45) is 5.92 Å². The molecule has 0 aliphatic carbocycles. The molecule has 0 amide bonds. The minimum atomic E-state index is 0.777. The molecule has 1 aliphatic heterocycles. The summed E-state index contributed by atoms with van der Waals surface area (Å²) in [5.74, 6) is 2.41. The lowest BCUT2D eigenvalue weighted by Crippen LogP contribution is -2.37. The Morgan fingerprint density at radius 1 is 1.45 bits per heavy atom. The third kappa shape index (κ3) is 2.83. The van der Waals surface area contributed by atoms with E-state index < -0.39 is 0 Å². The first-order valence-corrected chi connectivity index (χ1v) is 7.82. The van der Waals surface area contributed by atoms with Crippen LogP contribution in [-0.2, 0) is 0 Å². The van der Waals surface area contributed by atoms with E-state index in [9.17, 15) is 0 Å². The maximum absolute atomic E-state index is 4.60. The van der Waals surface area contributed by atoms with Crippen LogP contribution in [0.25, 0.3) is 10.7 Å². The molecule has 3 heterocycles. The SMILES string of the molecule is CNCC1CCN(c2n[nH]c(-c3cnc(C)s3)n2)CC1. The second kappa shape index (κ2) is 5.88. The third-order valence-corrected chi connectivity index (χ3v) is 4.64. The zero-order chi connectivity index (χ0) is 13.9. The molecule has 0 bridgehead atoms. The van der Waals surface area contributed by atoms with Gasteiger partial charge in [-0.3, -0.25) is 5.10 Å². The lowest BCUT2D eigenvalue weighted by atomic mass is 9.97. The Morgan fingerprint density at radius 3 is 2.90 bits per heavy atom. The summed E-state index contributed by atoms with van der Waals surface area (Å²) in [5, 5.41) is 11.7. The lowest BCUT2D eigenvalue weighted by molar-refractivity contribution is 0.391. The molecule has 6 nitrogen and oxygen atoms in total. The van der Waals surface area contributed by atoms with Gasteiger partial charge >= 0.3 is 0 Å². The third-order valence-electron chi connectivity index (χ3n) is 3.72. The van der Waals surface area contributed by atoms with Gasteiger partial charge in [-0.15, -0.1) is 16.4 Å². The van der Waals surface area contributed by atoms with Gasteiger partial charge in [0, 0.05) is 19.3 Å². The van der Waals surface area contributed by atoms with Gasteiger partial charge in [0.15, 0.2) is 5.82 Å². The summed E-state index contributed by atoms with van der Waals surface area (Å²) >= 11 is 1.64. The average molecular weight is 292 g/mol. The first-order chi connectivity index (χ1) is 9.76. The van der Waals surface area contributed by atoms with Gasteiger partial charge in [0.2, 0.25) is 5.95 Å². The number of hydrogen-bond donors (Lipinski definition) is 2. The van der Waals surface area contributed by atoms with Crippen LogP contribution >= 0.6 is 11.3 Å². The Hall–Kier alpha value is -1.47. The number of thiazole rings is 1. The first-order valence-electron chi connectivity index (χ1n) is 7.01. The van der Waals surface area contributed by atoms with Gasteiger partial charge in [0.1, 0.15) is 0 Å². The van der Waals surface area contributed by atoms with Crippen LogP contribution in [0.4, 0.5) is 5.95 Å². The highest BCUT2D eigenvalue weighted by Crippen LogP contribution is 2.25. The Labute approximate surface area is 122 Å². The van der Waals surface area contributed by atoms with Crippen molar-refractivity contribution in [2.75, 3.05) is 31.6 Å². The fraction of sp³-hybridized carbons (Fsp3) is 0.615. The number of aromatic nitrogens is 4. The normalized spacial score (nSPS) is 16.8. The standard InChI is InChI=1S/C13H20N6S/c1-9-15-8-11(20-9)12-16-13(18-17-12)19-5-3-10(4-6-19)7-14-2/h8,10,14H,3-7H2,1-2H3,(H,16,17,18). The highest BCUT2D eigenvalue weighted by molar-refractivity contribution is 7.14. The van der Waals surface area contributed by atoms with Gasteiger partial charge in [-0.2, -0.15) is 4.98 Å². The number of piperidine rings is 1. The predicted molar refractivity (Wildman–Crippen MR) is 81.1 cm³/mol. The number of nitrogens with zero attached hydrogens (tertiary/aromatic N) is 4. The van der Waals surface area contributed by atoms with Crippen molar-refractivity contribution >= 4 is 17.3 Å². The van der Waals surface area contributed by atoms with Crippen molar-refractivity contribution in [2.45, 2.75) is 19.8 Å². The molecule has 2 aromatic heterocycles. The summed E-state index contributed by atoms with van der Waals surface area (Å²) in [7, 11) is 2.02. The molecular weight excluding hydrogens is 272 g/mol. The van der Waals surface area contributed by atoms with Crippen molar-refractivity contribution in [1.82, 2.24) is 25.5 Å².